The molecule has 8 heteroatoms. The second-order valence-corrected chi connectivity index (χ2v) is 11.6. The largest absolute Gasteiger partial charge is 0.326 e. The second-order valence-electron chi connectivity index (χ2n) is 9.63. The number of benzene rings is 3. The molecule has 1 heterocycles. The van der Waals surface area contributed by atoms with Crippen LogP contribution in [-0.4, -0.2) is 23.6 Å². The third-order valence-corrected chi connectivity index (χ3v) is 8.58. The summed E-state index contributed by atoms with van der Waals surface area (Å²) < 4.78 is 42.2. The molecule has 1 aliphatic carbocycles. The summed E-state index contributed by atoms with van der Waals surface area (Å²) in [6.45, 7) is 2.23. The molecule has 5 rings (SSSR count). The number of anilines is 1. The highest BCUT2D eigenvalue weighted by Crippen LogP contribution is 2.47. The number of aromatic nitrogens is 1. The lowest BCUT2D eigenvalue weighted by atomic mass is 10.1. The molecule has 2 atom stereocenters. The van der Waals surface area contributed by atoms with Crippen LogP contribution in [0.2, 0.25) is 0 Å². The standard InChI is InChI=1S/C30H28FN3O3S/c1-21-2-4-22(5-3-21)19-34(20-23-6-8-25(31)9-7-23)38(36,37)27-12-10-26(11-13-27)33-30(35)29-18-28(29)24-14-16-32-17-15-24/h2-17,28-29H,18-20H2,1H3,(H,33,35). The highest BCUT2D eigenvalue weighted by atomic mass is 32.2. The minimum Gasteiger partial charge on any atom is -0.326 e. The van der Waals surface area contributed by atoms with Crippen LogP contribution >= 0.6 is 0 Å². The average molecular weight is 530 g/mol. The van der Waals surface area contributed by atoms with Crippen LogP contribution in [0.1, 0.15) is 34.6 Å². The smallest absolute Gasteiger partial charge is 0.243 e. The maximum Gasteiger partial charge on any atom is 0.243 e. The van der Waals surface area contributed by atoms with Crippen molar-refractivity contribution in [3.8, 4) is 0 Å². The molecule has 3 aromatic carbocycles. The van der Waals surface area contributed by atoms with Crippen molar-refractivity contribution in [3.63, 3.8) is 0 Å². The van der Waals surface area contributed by atoms with Crippen LogP contribution in [0.4, 0.5) is 10.1 Å². The first-order valence-electron chi connectivity index (χ1n) is 12.4. The number of sulfonamides is 1. The summed E-state index contributed by atoms with van der Waals surface area (Å²) in [6.07, 6.45) is 4.22. The lowest BCUT2D eigenvalue weighted by Crippen LogP contribution is -2.30. The van der Waals surface area contributed by atoms with Crippen molar-refractivity contribution in [1.29, 1.82) is 0 Å². The number of carbonyl (C=O) groups is 1. The van der Waals surface area contributed by atoms with Crippen molar-refractivity contribution >= 4 is 21.6 Å². The number of rotatable bonds is 9. The van der Waals surface area contributed by atoms with Gasteiger partial charge < -0.3 is 5.32 Å². The van der Waals surface area contributed by atoms with Crippen molar-refractivity contribution in [1.82, 2.24) is 9.29 Å². The van der Waals surface area contributed by atoms with Crippen molar-refractivity contribution in [2.45, 2.75) is 37.2 Å². The predicted octanol–water partition coefficient (Wildman–Crippen LogP) is 5.66. The molecule has 1 aliphatic rings. The summed E-state index contributed by atoms with van der Waals surface area (Å²) in [5, 5.41) is 2.90. The summed E-state index contributed by atoms with van der Waals surface area (Å²) in [4.78, 5) is 16.9. The number of carbonyl (C=O) groups excluding carboxylic acids is 1. The first-order valence-corrected chi connectivity index (χ1v) is 13.8. The number of aryl methyl sites for hydroxylation is 1. The Morgan fingerprint density at radius 1 is 0.895 bits per heavy atom. The Labute approximate surface area is 222 Å². The van der Waals surface area contributed by atoms with E-state index in [1.54, 1.807) is 36.7 Å². The van der Waals surface area contributed by atoms with E-state index in [9.17, 15) is 17.6 Å². The lowest BCUT2D eigenvalue weighted by Gasteiger charge is -2.23. The number of nitrogens with zero attached hydrogens (tertiary/aromatic N) is 2. The Bertz CT molecular complexity index is 1460. The van der Waals surface area contributed by atoms with Gasteiger partial charge in [-0.25, -0.2) is 12.8 Å². The third kappa shape index (κ3) is 5.98. The monoisotopic (exact) mass is 529 g/mol. The van der Waals surface area contributed by atoms with E-state index in [1.165, 1.54) is 28.6 Å². The maximum atomic E-state index is 13.7. The van der Waals surface area contributed by atoms with Gasteiger partial charge in [-0.05, 0) is 84.5 Å². The first kappa shape index (κ1) is 25.8. The van der Waals surface area contributed by atoms with Gasteiger partial charge in [0.05, 0.1) is 4.90 Å². The summed E-state index contributed by atoms with van der Waals surface area (Å²) in [5.41, 5.74) is 4.24. The summed E-state index contributed by atoms with van der Waals surface area (Å²) >= 11 is 0. The maximum absolute atomic E-state index is 13.7. The zero-order chi connectivity index (χ0) is 26.7. The highest BCUT2D eigenvalue weighted by molar-refractivity contribution is 7.89. The van der Waals surface area contributed by atoms with Crippen LogP contribution in [0.15, 0.2) is 102 Å². The molecule has 6 nitrogen and oxygen atoms in total. The number of halogens is 1. The number of nitrogens with one attached hydrogen (secondary N) is 1. The van der Waals surface area contributed by atoms with Gasteiger partial charge in [-0.15, -0.1) is 0 Å². The van der Waals surface area contributed by atoms with Gasteiger partial charge in [-0.1, -0.05) is 42.0 Å². The summed E-state index contributed by atoms with van der Waals surface area (Å²) in [5.74, 6) is -0.390. The van der Waals surface area contributed by atoms with Crippen LogP contribution in [0.5, 0.6) is 0 Å². The molecule has 0 saturated heterocycles. The summed E-state index contributed by atoms with van der Waals surface area (Å²) in [6, 6.07) is 23.6. The minimum absolute atomic E-state index is 0.0836. The fraction of sp³-hybridized carbons (Fsp3) is 0.200. The van der Waals surface area contributed by atoms with Crippen LogP contribution in [0.25, 0.3) is 0 Å². The lowest BCUT2D eigenvalue weighted by molar-refractivity contribution is -0.117. The molecule has 38 heavy (non-hydrogen) atoms. The van der Waals surface area contributed by atoms with Gasteiger partial charge in [0.2, 0.25) is 15.9 Å². The molecular formula is C30H28FN3O3S. The average Bonchev–Trinajstić information content (AvgIpc) is 3.73. The molecule has 1 fully saturated rings. The van der Waals surface area contributed by atoms with E-state index in [2.05, 4.69) is 10.3 Å². The minimum atomic E-state index is -3.89. The Balaban J connectivity index is 1.31. The molecule has 0 radical (unpaired) electrons. The van der Waals surface area contributed by atoms with E-state index >= 15 is 0 Å². The zero-order valence-corrected chi connectivity index (χ0v) is 21.7. The predicted molar refractivity (Wildman–Crippen MR) is 144 cm³/mol. The number of hydrogen-bond acceptors (Lipinski definition) is 4. The van der Waals surface area contributed by atoms with Crippen LogP contribution in [0, 0.1) is 18.7 Å². The SMILES string of the molecule is Cc1ccc(CN(Cc2ccc(F)cc2)S(=O)(=O)c2ccc(NC(=O)C3CC3c3ccncc3)cc2)cc1. The van der Waals surface area contributed by atoms with Crippen LogP contribution in [0.3, 0.4) is 0 Å². The van der Waals surface area contributed by atoms with Crippen LogP contribution in [-0.2, 0) is 27.9 Å². The molecule has 194 valence electrons. The zero-order valence-electron chi connectivity index (χ0n) is 20.9. The van der Waals surface area contributed by atoms with Crippen LogP contribution < -0.4 is 5.32 Å². The molecule has 1 saturated carbocycles. The molecule has 1 N–H and O–H groups in total. The molecule has 4 aromatic rings. The molecular weight excluding hydrogens is 501 g/mol. The van der Waals surface area contributed by atoms with E-state index in [0.29, 0.717) is 11.3 Å². The van der Waals surface area contributed by atoms with E-state index in [4.69, 9.17) is 0 Å². The topological polar surface area (TPSA) is 79.4 Å². The van der Waals surface area contributed by atoms with Gasteiger partial charge >= 0.3 is 0 Å². The molecule has 1 aromatic heterocycles. The second kappa shape index (κ2) is 10.8. The highest BCUT2D eigenvalue weighted by Gasteiger charge is 2.43. The normalized spacial score (nSPS) is 16.8. The number of hydrogen-bond donors (Lipinski definition) is 1. The van der Waals surface area contributed by atoms with Gasteiger partial charge in [0, 0.05) is 37.1 Å². The Morgan fingerprint density at radius 3 is 2.08 bits per heavy atom. The van der Waals surface area contributed by atoms with Gasteiger partial charge in [-0.3, -0.25) is 9.78 Å². The van der Waals surface area contributed by atoms with Crippen molar-refractivity contribution < 1.29 is 17.6 Å². The Hall–Kier alpha value is -3.88. The van der Waals surface area contributed by atoms with E-state index in [1.807, 2.05) is 43.3 Å². The van der Waals surface area contributed by atoms with Gasteiger partial charge in [0.1, 0.15) is 5.82 Å². The quantitative estimate of drug-likeness (QED) is 0.303. The molecule has 0 spiro atoms. The van der Waals surface area contributed by atoms with Gasteiger partial charge in [0.15, 0.2) is 0 Å². The van der Waals surface area contributed by atoms with Crippen molar-refractivity contribution in [3.05, 3.63) is 125 Å². The van der Waals surface area contributed by atoms with E-state index in [0.717, 1.165) is 23.1 Å². The van der Waals surface area contributed by atoms with Crippen molar-refractivity contribution in [2.75, 3.05) is 5.32 Å². The fourth-order valence-corrected chi connectivity index (χ4v) is 5.89. The van der Waals surface area contributed by atoms with E-state index in [-0.39, 0.29) is 41.5 Å². The third-order valence-electron chi connectivity index (χ3n) is 6.77. The molecule has 2 unspecified atom stereocenters. The Morgan fingerprint density at radius 2 is 1.47 bits per heavy atom. The number of amides is 1. The van der Waals surface area contributed by atoms with Crippen molar-refractivity contribution in [2.24, 2.45) is 5.92 Å². The van der Waals surface area contributed by atoms with Gasteiger partial charge in [0.25, 0.3) is 0 Å². The number of pyridine rings is 1. The molecule has 1 amide bonds. The first-order chi connectivity index (χ1) is 18.3. The molecule has 0 aliphatic heterocycles. The summed E-state index contributed by atoms with van der Waals surface area (Å²) in [7, 11) is -3.89. The van der Waals surface area contributed by atoms with Gasteiger partial charge in [-0.2, -0.15) is 4.31 Å². The fourth-order valence-electron chi connectivity index (χ4n) is 4.47. The van der Waals surface area contributed by atoms with E-state index < -0.39 is 10.0 Å². The Kier molecular flexibility index (Phi) is 7.35. The molecule has 0 bridgehead atoms.